The molecule has 0 saturated heterocycles. The van der Waals surface area contributed by atoms with Crippen LogP contribution in [0.1, 0.15) is 35.9 Å². The Morgan fingerprint density at radius 1 is 0.448 bits per heavy atom. The van der Waals surface area contributed by atoms with E-state index in [-0.39, 0.29) is 37.1 Å². The number of anilines is 5. The minimum Gasteiger partial charge on any atom is -0.409 e. The van der Waals surface area contributed by atoms with Gasteiger partial charge >= 0.3 is 18.0 Å². The van der Waals surface area contributed by atoms with E-state index in [0.717, 1.165) is 4.47 Å². The molecule has 0 aliphatic rings. The average molecular weight is 1340 g/mol. The Morgan fingerprint density at radius 2 is 0.793 bits per heavy atom. The normalized spacial score (nSPS) is 10.2. The van der Waals surface area contributed by atoms with E-state index < -0.39 is 0 Å². The molecule has 0 aliphatic heterocycles. The SMILES string of the molecule is C.N#Cc1ccc(Br)cn1.N#Cc1ccc(Cl)cn1.N#Cc1ccc(Nc2nc(-c3ccc(Cl)cn3)no2)cn1.N/C(=N\O)c1ccc(Cl)cn1.N/C(=N\O)c1ccc(Nc2nc(-c3ccc(Cl)cn3)no2)cn1.Nc1nc(-c2ccc(Cl)cn2)no1. The van der Waals surface area contributed by atoms with Crippen molar-refractivity contribution in [2.45, 2.75) is 7.43 Å². The molecule has 11 aromatic rings. The van der Waals surface area contributed by atoms with E-state index in [1.165, 1.54) is 43.4 Å². The lowest BCUT2D eigenvalue weighted by atomic mass is 10.3. The first kappa shape index (κ1) is 66.8. The molecule has 0 radical (unpaired) electrons. The van der Waals surface area contributed by atoms with E-state index in [0.29, 0.717) is 99.5 Å². The third kappa shape index (κ3) is 22.2. The van der Waals surface area contributed by atoms with Gasteiger partial charge in [-0.15, -0.1) is 0 Å². The molecular weight excluding hydrogens is 1300 g/mol. The molecule has 87 heavy (non-hydrogen) atoms. The zero-order chi connectivity index (χ0) is 61.8. The Bertz CT molecular complexity index is 4040. The zero-order valence-electron chi connectivity index (χ0n) is 43.0. The Labute approximate surface area is 525 Å². The van der Waals surface area contributed by atoms with Crippen molar-refractivity contribution in [3.8, 4) is 52.8 Å². The summed E-state index contributed by atoms with van der Waals surface area (Å²) in [4.78, 5) is 43.6. The summed E-state index contributed by atoms with van der Waals surface area (Å²) in [5.41, 5.74) is 20.7. The number of hydrogen-bond acceptors (Lipinski definition) is 27. The summed E-state index contributed by atoms with van der Waals surface area (Å²) in [5, 5.41) is 67.4. The van der Waals surface area contributed by atoms with Gasteiger partial charge in [0.2, 0.25) is 17.5 Å². The lowest BCUT2D eigenvalue weighted by Gasteiger charge is -2.01. The summed E-state index contributed by atoms with van der Waals surface area (Å²) in [5.74, 6) is 0.919. The number of nitrogens with one attached hydrogen (secondary N) is 2. The highest BCUT2D eigenvalue weighted by atomic mass is 79.9. The number of nitrogens with zero attached hydrogens (tertiary/aromatic N) is 19. The van der Waals surface area contributed by atoms with Gasteiger partial charge in [0.1, 0.15) is 63.8 Å². The molecule has 0 unspecified atom stereocenters. The zero-order valence-corrected chi connectivity index (χ0v) is 48.3. The minimum absolute atomic E-state index is 0. The van der Waals surface area contributed by atoms with Crippen LogP contribution in [0.4, 0.5) is 29.4 Å². The fraction of sp³-hybridized carbons (Fsp3) is 0.0192. The van der Waals surface area contributed by atoms with E-state index in [1.54, 1.807) is 103 Å². The smallest absolute Gasteiger partial charge is 0.326 e. The monoisotopic (exact) mass is 1330 g/mol. The third-order valence-corrected chi connectivity index (χ3v) is 11.0. The van der Waals surface area contributed by atoms with Crippen molar-refractivity contribution in [1.82, 2.24) is 70.3 Å². The summed E-state index contributed by atoms with van der Waals surface area (Å²) in [6, 6.07) is 32.6. The van der Waals surface area contributed by atoms with Gasteiger partial charge in [0.25, 0.3) is 0 Å². The van der Waals surface area contributed by atoms with Gasteiger partial charge in [0.05, 0.1) is 48.9 Å². The van der Waals surface area contributed by atoms with Crippen LogP contribution in [-0.2, 0) is 0 Å². The summed E-state index contributed by atoms with van der Waals surface area (Å²) < 4.78 is 15.6. The van der Waals surface area contributed by atoms with Gasteiger partial charge in [-0.05, 0) is 113 Å². The highest BCUT2D eigenvalue weighted by Crippen LogP contribution is 2.22. The molecule has 0 spiro atoms. The second kappa shape index (κ2) is 34.5. The first-order valence-corrected chi connectivity index (χ1v) is 25.8. The lowest BCUT2D eigenvalue weighted by Crippen LogP contribution is -2.14. The van der Waals surface area contributed by atoms with Crippen LogP contribution in [0.2, 0.25) is 25.1 Å². The molecule has 438 valence electrons. The van der Waals surface area contributed by atoms with Gasteiger partial charge in [-0.2, -0.15) is 30.7 Å². The van der Waals surface area contributed by atoms with Crippen LogP contribution >= 0.6 is 73.9 Å². The molecule has 0 bridgehead atoms. The molecular formula is C52H38BrCl5N24O5. The number of rotatable bonds is 9. The van der Waals surface area contributed by atoms with Crippen molar-refractivity contribution in [2.75, 3.05) is 16.4 Å². The maximum absolute atomic E-state index is 8.68. The van der Waals surface area contributed by atoms with Gasteiger partial charge in [-0.1, -0.05) is 91.2 Å². The molecule has 10 N–H and O–H groups in total. The Hall–Kier alpha value is -11.0. The lowest BCUT2D eigenvalue weighted by molar-refractivity contribution is 0.318. The largest absolute Gasteiger partial charge is 0.409 e. The molecule has 0 saturated carbocycles. The van der Waals surface area contributed by atoms with Crippen LogP contribution in [0.25, 0.3) is 34.6 Å². The maximum Gasteiger partial charge on any atom is 0.326 e. The predicted octanol–water partition coefficient (Wildman–Crippen LogP) is 11.0. The number of nitriles is 3. The first-order chi connectivity index (χ1) is 41.5. The van der Waals surface area contributed by atoms with Crippen LogP contribution in [-0.4, -0.2) is 92.4 Å². The minimum atomic E-state index is -0.0783. The molecule has 0 fully saturated rings. The van der Waals surface area contributed by atoms with Gasteiger partial charge in [0, 0.05) is 41.7 Å². The number of aromatic nitrogens is 14. The van der Waals surface area contributed by atoms with Crippen molar-refractivity contribution in [3.63, 3.8) is 0 Å². The number of oxime groups is 2. The highest BCUT2D eigenvalue weighted by molar-refractivity contribution is 9.10. The van der Waals surface area contributed by atoms with Crippen LogP contribution in [0.3, 0.4) is 0 Å². The molecule has 11 heterocycles. The van der Waals surface area contributed by atoms with E-state index >= 15 is 0 Å². The summed E-state index contributed by atoms with van der Waals surface area (Å²) in [7, 11) is 0. The van der Waals surface area contributed by atoms with Gasteiger partial charge in [-0.3, -0.25) is 24.9 Å². The first-order valence-electron chi connectivity index (χ1n) is 23.1. The van der Waals surface area contributed by atoms with Crippen LogP contribution < -0.4 is 27.8 Å². The highest BCUT2D eigenvalue weighted by Gasteiger charge is 2.13. The standard InChI is InChI=1S/C13H10ClN7O2.C13H7ClN6O.C7H5ClN4O.C6H3BrN2.C6H6ClN3O.C6H3ClN2.CH4/c14-7-1-3-10(16-5-7)12-19-13(23-21-12)18-8-2-4-9(17-6-8)11(15)20-22;14-8-1-4-11(17-6-8)12-19-13(21-20-12)18-10-3-2-9(5-15)16-7-10;8-4-1-2-5(10-3-4)6-11-7(9)13-12-6;7-5-1-2-6(3-8)9-4-5;7-4-1-2-5(9-3-4)6(8)10-11;7-5-1-2-6(3-8)9-4-5;/h1-6,22H,(H2,15,20)(H,18,19,21);1-4,6-7H,(H,18,19,20);1-3H,(H2,9,11,12);1-2,4H;1-3,11H,(H2,8,10);1-2,4H;1H4. The van der Waals surface area contributed by atoms with E-state index in [1.807, 2.05) is 18.2 Å². The van der Waals surface area contributed by atoms with Crippen molar-refractivity contribution >= 4 is 115 Å². The summed E-state index contributed by atoms with van der Waals surface area (Å²) in [6.07, 6.45) is 12.0. The average Bonchev–Trinajstić information content (AvgIpc) is 4.53. The fourth-order valence-corrected chi connectivity index (χ4v) is 6.33. The van der Waals surface area contributed by atoms with Crippen molar-refractivity contribution < 1.29 is 24.0 Å². The number of hydrogen-bond donors (Lipinski definition) is 7. The van der Waals surface area contributed by atoms with Gasteiger partial charge < -0.3 is 51.8 Å². The molecule has 29 nitrogen and oxygen atoms in total. The van der Waals surface area contributed by atoms with E-state index in [2.05, 4.69) is 112 Å². The fourth-order valence-electron chi connectivity index (χ4n) is 5.53. The Morgan fingerprint density at radius 3 is 1.11 bits per heavy atom. The predicted molar refractivity (Wildman–Crippen MR) is 323 cm³/mol. The van der Waals surface area contributed by atoms with E-state index in [9.17, 15) is 0 Å². The number of nitrogens with two attached hydrogens (primary N) is 3. The molecule has 0 aromatic carbocycles. The van der Waals surface area contributed by atoms with E-state index in [4.69, 9.17) is 110 Å². The summed E-state index contributed by atoms with van der Waals surface area (Å²) in [6.45, 7) is 0. The molecule has 0 amide bonds. The Kier molecular flexibility index (Phi) is 26.5. The number of nitrogen functional groups attached to an aromatic ring is 1. The molecule has 0 aliphatic carbocycles. The second-order valence-corrected chi connectivity index (χ2v) is 18.5. The van der Waals surface area contributed by atoms with Crippen LogP contribution in [0, 0.1) is 34.0 Å². The van der Waals surface area contributed by atoms with Crippen LogP contribution in [0.15, 0.2) is 175 Å². The van der Waals surface area contributed by atoms with Crippen molar-refractivity contribution in [2.24, 2.45) is 21.8 Å². The van der Waals surface area contributed by atoms with Gasteiger partial charge in [-0.25, -0.2) is 15.0 Å². The van der Waals surface area contributed by atoms with Crippen molar-refractivity contribution in [3.05, 3.63) is 205 Å². The Balaban J connectivity index is 0.000000198. The second-order valence-electron chi connectivity index (χ2n) is 15.4. The molecule has 11 aromatic heterocycles. The summed E-state index contributed by atoms with van der Waals surface area (Å²) >= 11 is 31.5. The number of pyridine rings is 8. The number of halogens is 6. The third-order valence-electron chi connectivity index (χ3n) is 9.46. The molecule has 0 atom stereocenters. The van der Waals surface area contributed by atoms with Gasteiger partial charge in [0.15, 0.2) is 11.7 Å². The topological polar surface area (TPSA) is 459 Å². The van der Waals surface area contributed by atoms with Crippen LogP contribution in [0.5, 0.6) is 0 Å². The number of amidine groups is 2. The molecule has 11 rings (SSSR count). The van der Waals surface area contributed by atoms with Crippen molar-refractivity contribution in [1.29, 1.82) is 15.8 Å². The quantitative estimate of drug-likeness (QED) is 0.0305. The molecule has 35 heteroatoms. The maximum atomic E-state index is 8.68.